The fourth-order valence-electron chi connectivity index (χ4n) is 2.11. The van der Waals surface area contributed by atoms with Crippen molar-refractivity contribution in [2.45, 2.75) is 6.10 Å². The summed E-state index contributed by atoms with van der Waals surface area (Å²) in [6, 6.07) is 11.9. The molecule has 0 saturated heterocycles. The van der Waals surface area contributed by atoms with Gasteiger partial charge in [-0.1, -0.05) is 24.3 Å². The van der Waals surface area contributed by atoms with Crippen molar-refractivity contribution < 1.29 is 9.50 Å². The van der Waals surface area contributed by atoms with Crippen molar-refractivity contribution >= 4 is 37.4 Å². The molecule has 1 nitrogen and oxygen atoms in total. The standard InChI is InChI=1S/C15H10BrFOS/c16-13-6-2-5-11-12(8-19-15(11)13)14(18)9-3-1-4-10(17)7-9/h1-8,14,18H. The van der Waals surface area contributed by atoms with Crippen molar-refractivity contribution in [3.8, 4) is 0 Å². The average Bonchev–Trinajstić information content (AvgIpc) is 2.83. The van der Waals surface area contributed by atoms with Gasteiger partial charge in [-0.2, -0.15) is 0 Å². The fraction of sp³-hybridized carbons (Fsp3) is 0.0667. The fourth-order valence-corrected chi connectivity index (χ4v) is 3.75. The lowest BCUT2D eigenvalue weighted by molar-refractivity contribution is 0.222. The SMILES string of the molecule is OC(c1cccc(F)c1)c1csc2c(Br)cccc12. The minimum atomic E-state index is -0.807. The Morgan fingerprint density at radius 3 is 2.74 bits per heavy atom. The third kappa shape index (κ3) is 2.31. The summed E-state index contributed by atoms with van der Waals surface area (Å²) in [7, 11) is 0. The van der Waals surface area contributed by atoms with Gasteiger partial charge < -0.3 is 5.11 Å². The van der Waals surface area contributed by atoms with Gasteiger partial charge in [0.25, 0.3) is 0 Å². The number of halogens is 2. The summed E-state index contributed by atoms with van der Waals surface area (Å²) in [5.74, 6) is -0.336. The second kappa shape index (κ2) is 5.04. The number of aliphatic hydroxyl groups excluding tert-OH is 1. The molecule has 1 heterocycles. The van der Waals surface area contributed by atoms with Crippen molar-refractivity contribution in [2.24, 2.45) is 0 Å². The molecule has 19 heavy (non-hydrogen) atoms. The predicted molar refractivity (Wildman–Crippen MR) is 80.0 cm³/mol. The van der Waals surface area contributed by atoms with Gasteiger partial charge in [0.1, 0.15) is 11.9 Å². The molecular weight excluding hydrogens is 327 g/mol. The van der Waals surface area contributed by atoms with E-state index in [1.54, 1.807) is 23.5 Å². The minimum Gasteiger partial charge on any atom is -0.384 e. The van der Waals surface area contributed by atoms with Crippen LogP contribution in [0.2, 0.25) is 0 Å². The van der Waals surface area contributed by atoms with E-state index in [-0.39, 0.29) is 5.82 Å². The second-order valence-corrected chi connectivity index (χ2v) is 6.00. The number of hydrogen-bond donors (Lipinski definition) is 1. The van der Waals surface area contributed by atoms with Crippen molar-refractivity contribution in [2.75, 3.05) is 0 Å². The van der Waals surface area contributed by atoms with Gasteiger partial charge >= 0.3 is 0 Å². The molecule has 0 aliphatic rings. The molecule has 0 aliphatic carbocycles. The topological polar surface area (TPSA) is 20.2 Å². The molecule has 1 unspecified atom stereocenters. The van der Waals surface area contributed by atoms with Crippen molar-refractivity contribution in [1.29, 1.82) is 0 Å². The lowest BCUT2D eigenvalue weighted by Gasteiger charge is -2.10. The summed E-state index contributed by atoms with van der Waals surface area (Å²) in [6.07, 6.45) is -0.807. The highest BCUT2D eigenvalue weighted by atomic mass is 79.9. The van der Waals surface area contributed by atoms with Gasteiger partial charge in [0.05, 0.1) is 0 Å². The van der Waals surface area contributed by atoms with E-state index in [0.29, 0.717) is 5.56 Å². The van der Waals surface area contributed by atoms with Crippen LogP contribution in [0.4, 0.5) is 4.39 Å². The number of fused-ring (bicyclic) bond motifs is 1. The molecule has 0 spiro atoms. The Kier molecular flexibility index (Phi) is 3.39. The van der Waals surface area contributed by atoms with Gasteiger partial charge in [-0.15, -0.1) is 11.3 Å². The number of benzene rings is 2. The van der Waals surface area contributed by atoms with Gasteiger partial charge in [-0.25, -0.2) is 4.39 Å². The van der Waals surface area contributed by atoms with Crippen molar-refractivity contribution in [3.05, 3.63) is 69.3 Å². The van der Waals surface area contributed by atoms with E-state index in [4.69, 9.17) is 0 Å². The van der Waals surface area contributed by atoms with Crippen LogP contribution in [0.25, 0.3) is 10.1 Å². The summed E-state index contributed by atoms with van der Waals surface area (Å²) < 4.78 is 15.3. The Labute approximate surface area is 122 Å². The number of rotatable bonds is 2. The van der Waals surface area contributed by atoms with E-state index >= 15 is 0 Å². The van der Waals surface area contributed by atoms with Gasteiger partial charge in [0, 0.05) is 14.7 Å². The lowest BCUT2D eigenvalue weighted by Crippen LogP contribution is -1.98. The van der Waals surface area contributed by atoms with Gasteiger partial charge in [-0.05, 0) is 50.5 Å². The first-order valence-electron chi connectivity index (χ1n) is 5.76. The van der Waals surface area contributed by atoms with Gasteiger partial charge in [-0.3, -0.25) is 0 Å². The van der Waals surface area contributed by atoms with Crippen LogP contribution < -0.4 is 0 Å². The first kappa shape index (κ1) is 12.8. The molecule has 0 amide bonds. The molecule has 1 atom stereocenters. The Morgan fingerprint density at radius 2 is 1.95 bits per heavy atom. The van der Waals surface area contributed by atoms with E-state index in [1.165, 1.54) is 12.1 Å². The van der Waals surface area contributed by atoms with Crippen LogP contribution in [-0.2, 0) is 0 Å². The lowest BCUT2D eigenvalue weighted by atomic mass is 10.0. The normalized spacial score (nSPS) is 12.8. The molecule has 3 rings (SSSR count). The maximum absolute atomic E-state index is 13.2. The summed E-state index contributed by atoms with van der Waals surface area (Å²) in [5.41, 5.74) is 1.38. The van der Waals surface area contributed by atoms with Crippen molar-refractivity contribution in [3.63, 3.8) is 0 Å². The van der Waals surface area contributed by atoms with Crippen LogP contribution in [0.15, 0.2) is 52.3 Å². The Balaban J connectivity index is 2.12. The highest BCUT2D eigenvalue weighted by Crippen LogP contribution is 2.37. The summed E-state index contributed by atoms with van der Waals surface area (Å²) in [4.78, 5) is 0. The van der Waals surface area contributed by atoms with Gasteiger partial charge in [0.2, 0.25) is 0 Å². The molecule has 3 aromatic rings. The molecule has 4 heteroatoms. The van der Waals surface area contributed by atoms with Crippen LogP contribution >= 0.6 is 27.3 Å². The van der Waals surface area contributed by atoms with E-state index in [0.717, 1.165) is 20.1 Å². The monoisotopic (exact) mass is 336 g/mol. The predicted octanol–water partition coefficient (Wildman–Crippen LogP) is 4.88. The number of aliphatic hydroxyl groups is 1. The number of hydrogen-bond acceptors (Lipinski definition) is 2. The molecule has 1 N–H and O–H groups in total. The van der Waals surface area contributed by atoms with Crippen LogP contribution in [0.5, 0.6) is 0 Å². The van der Waals surface area contributed by atoms with Crippen LogP contribution in [0, 0.1) is 5.82 Å². The van der Waals surface area contributed by atoms with E-state index in [2.05, 4.69) is 15.9 Å². The highest BCUT2D eigenvalue weighted by molar-refractivity contribution is 9.10. The molecule has 0 bridgehead atoms. The second-order valence-electron chi connectivity index (χ2n) is 4.27. The van der Waals surface area contributed by atoms with Crippen LogP contribution in [-0.4, -0.2) is 5.11 Å². The van der Waals surface area contributed by atoms with Crippen molar-refractivity contribution in [1.82, 2.24) is 0 Å². The summed E-state index contributed by atoms with van der Waals surface area (Å²) >= 11 is 5.06. The zero-order valence-corrected chi connectivity index (χ0v) is 12.2. The third-order valence-electron chi connectivity index (χ3n) is 3.04. The van der Waals surface area contributed by atoms with Crippen LogP contribution in [0.1, 0.15) is 17.2 Å². The Bertz CT molecular complexity index is 738. The molecular formula is C15H10BrFOS. The third-order valence-corrected chi connectivity index (χ3v) is 5.01. The molecule has 2 aromatic carbocycles. The average molecular weight is 337 g/mol. The summed E-state index contributed by atoms with van der Waals surface area (Å²) in [5, 5.41) is 13.3. The maximum atomic E-state index is 13.2. The maximum Gasteiger partial charge on any atom is 0.123 e. The van der Waals surface area contributed by atoms with Crippen LogP contribution in [0.3, 0.4) is 0 Å². The first-order valence-corrected chi connectivity index (χ1v) is 7.43. The van der Waals surface area contributed by atoms with E-state index < -0.39 is 6.10 Å². The molecule has 0 fully saturated rings. The summed E-state index contributed by atoms with van der Waals surface area (Å²) in [6.45, 7) is 0. The molecule has 0 radical (unpaired) electrons. The molecule has 0 saturated carbocycles. The molecule has 1 aromatic heterocycles. The zero-order chi connectivity index (χ0) is 13.4. The Morgan fingerprint density at radius 1 is 1.16 bits per heavy atom. The molecule has 96 valence electrons. The minimum absolute atomic E-state index is 0.336. The quantitative estimate of drug-likeness (QED) is 0.706. The smallest absolute Gasteiger partial charge is 0.123 e. The highest BCUT2D eigenvalue weighted by Gasteiger charge is 2.16. The van der Waals surface area contributed by atoms with E-state index in [1.807, 2.05) is 23.6 Å². The van der Waals surface area contributed by atoms with Gasteiger partial charge in [0.15, 0.2) is 0 Å². The first-order chi connectivity index (χ1) is 9.16. The largest absolute Gasteiger partial charge is 0.384 e. The van der Waals surface area contributed by atoms with E-state index in [9.17, 15) is 9.50 Å². The number of thiophene rings is 1. The molecule has 0 aliphatic heterocycles. The Hall–Kier alpha value is -1.23. The zero-order valence-electron chi connectivity index (χ0n) is 9.81.